The van der Waals surface area contributed by atoms with Crippen molar-refractivity contribution in [2.45, 2.75) is 38.5 Å². The van der Waals surface area contributed by atoms with Crippen LogP contribution in [-0.2, 0) is 6.42 Å². The van der Waals surface area contributed by atoms with Gasteiger partial charge in [0.25, 0.3) is 5.91 Å². The van der Waals surface area contributed by atoms with E-state index in [-0.39, 0.29) is 5.91 Å². The molecule has 5 nitrogen and oxygen atoms in total. The quantitative estimate of drug-likeness (QED) is 0.820. The van der Waals surface area contributed by atoms with E-state index in [0.29, 0.717) is 11.4 Å². The van der Waals surface area contributed by atoms with Crippen molar-refractivity contribution in [2.75, 3.05) is 26.2 Å². The number of nitrogens with one attached hydrogen (secondary N) is 1. The molecule has 2 aromatic heterocycles. The van der Waals surface area contributed by atoms with Crippen LogP contribution in [0, 0.1) is 0 Å². The second-order valence-electron chi connectivity index (χ2n) is 6.19. The number of carbonyl (C=O) groups excluding carboxylic acids is 1. The Morgan fingerprint density at radius 1 is 1.42 bits per heavy atom. The van der Waals surface area contributed by atoms with Crippen molar-refractivity contribution in [3.63, 3.8) is 0 Å². The first kappa shape index (κ1) is 17.5. The normalized spacial score (nSPS) is 16.4. The Morgan fingerprint density at radius 2 is 2.25 bits per heavy atom. The minimum Gasteiger partial charge on any atom is -0.350 e. The minimum absolute atomic E-state index is 0.0260. The van der Waals surface area contributed by atoms with Crippen LogP contribution < -0.4 is 5.32 Å². The molecule has 0 aliphatic carbocycles. The first-order chi connectivity index (χ1) is 11.8. The Morgan fingerprint density at radius 3 is 2.96 bits per heavy atom. The topological polar surface area (TPSA) is 58.1 Å². The Balaban J connectivity index is 1.39. The summed E-state index contributed by atoms with van der Waals surface area (Å²) in [5.41, 5.74) is 0.830. The second kappa shape index (κ2) is 8.69. The van der Waals surface area contributed by atoms with Crippen LogP contribution in [-0.4, -0.2) is 46.6 Å². The Kier molecular flexibility index (Phi) is 6.34. The maximum absolute atomic E-state index is 12.3. The molecule has 0 radical (unpaired) electrons. The van der Waals surface area contributed by atoms with Gasteiger partial charge in [0.1, 0.15) is 4.88 Å². The average Bonchev–Trinajstić information content (AvgIpc) is 3.27. The number of amides is 1. The van der Waals surface area contributed by atoms with Gasteiger partial charge in [-0.2, -0.15) is 0 Å². The minimum atomic E-state index is -0.0260. The highest BCUT2D eigenvalue weighted by Crippen LogP contribution is 2.30. The first-order valence-corrected chi connectivity index (χ1v) is 10.3. The third-order valence-corrected chi connectivity index (χ3v) is 6.30. The molecule has 1 aliphatic heterocycles. The van der Waals surface area contributed by atoms with Crippen molar-refractivity contribution in [1.29, 1.82) is 0 Å². The van der Waals surface area contributed by atoms with Gasteiger partial charge < -0.3 is 10.2 Å². The van der Waals surface area contributed by atoms with Crippen LogP contribution in [0.25, 0.3) is 0 Å². The summed E-state index contributed by atoms with van der Waals surface area (Å²) in [6, 6.07) is 4.39. The lowest BCUT2D eigenvalue weighted by Crippen LogP contribution is -2.39. The molecule has 130 valence electrons. The van der Waals surface area contributed by atoms with Crippen LogP contribution >= 0.6 is 22.9 Å². The van der Waals surface area contributed by atoms with Gasteiger partial charge in [0, 0.05) is 18.0 Å². The standard InChI is InChI=1S/C17H24N4OS2/c1-2-4-14-16(24-20-19-14)17(22)18-8-11-21-9-6-13(7-10-21)15-5-3-12-23-15/h3,5,12-13H,2,4,6-11H2,1H3,(H,18,22). The molecule has 1 fully saturated rings. The van der Waals surface area contributed by atoms with Crippen molar-refractivity contribution in [1.82, 2.24) is 19.8 Å². The van der Waals surface area contributed by atoms with Gasteiger partial charge in [-0.1, -0.05) is 23.9 Å². The summed E-state index contributed by atoms with van der Waals surface area (Å²) >= 11 is 3.07. The molecule has 0 saturated carbocycles. The largest absolute Gasteiger partial charge is 0.350 e. The molecule has 1 amide bonds. The number of aryl methyl sites for hydroxylation is 1. The van der Waals surface area contributed by atoms with Crippen molar-refractivity contribution in [3.8, 4) is 0 Å². The molecule has 1 N–H and O–H groups in total. The van der Waals surface area contributed by atoms with Gasteiger partial charge in [0.2, 0.25) is 0 Å². The van der Waals surface area contributed by atoms with Crippen LogP contribution in [0.15, 0.2) is 17.5 Å². The predicted octanol–water partition coefficient (Wildman–Crippen LogP) is 3.16. The van der Waals surface area contributed by atoms with E-state index in [1.807, 2.05) is 11.3 Å². The van der Waals surface area contributed by atoms with Gasteiger partial charge >= 0.3 is 0 Å². The third kappa shape index (κ3) is 4.40. The summed E-state index contributed by atoms with van der Waals surface area (Å²) in [7, 11) is 0. The number of carbonyl (C=O) groups is 1. The molecule has 0 atom stereocenters. The van der Waals surface area contributed by atoms with E-state index in [9.17, 15) is 4.79 Å². The lowest BCUT2D eigenvalue weighted by atomic mass is 9.95. The average molecular weight is 365 g/mol. The molecule has 0 bridgehead atoms. The number of hydrogen-bond donors (Lipinski definition) is 1. The first-order valence-electron chi connectivity index (χ1n) is 8.63. The Labute approximate surface area is 151 Å². The van der Waals surface area contributed by atoms with E-state index in [1.54, 1.807) is 0 Å². The fourth-order valence-electron chi connectivity index (χ4n) is 3.15. The van der Waals surface area contributed by atoms with Crippen molar-refractivity contribution in [3.05, 3.63) is 33.0 Å². The number of aromatic nitrogens is 2. The highest BCUT2D eigenvalue weighted by Gasteiger charge is 2.21. The van der Waals surface area contributed by atoms with E-state index in [0.717, 1.165) is 44.1 Å². The van der Waals surface area contributed by atoms with E-state index < -0.39 is 0 Å². The summed E-state index contributed by atoms with van der Waals surface area (Å²) in [5, 5.41) is 9.24. The third-order valence-electron chi connectivity index (χ3n) is 4.50. The van der Waals surface area contributed by atoms with Gasteiger partial charge in [-0.3, -0.25) is 4.79 Å². The van der Waals surface area contributed by atoms with Gasteiger partial charge in [0.15, 0.2) is 0 Å². The van der Waals surface area contributed by atoms with Crippen molar-refractivity contribution >= 4 is 28.8 Å². The van der Waals surface area contributed by atoms with E-state index in [4.69, 9.17) is 0 Å². The zero-order chi connectivity index (χ0) is 16.8. The monoisotopic (exact) mass is 364 g/mol. The Bertz CT molecular complexity index is 633. The van der Waals surface area contributed by atoms with Crippen LogP contribution in [0.3, 0.4) is 0 Å². The molecule has 1 aliphatic rings. The van der Waals surface area contributed by atoms with E-state index in [2.05, 4.69) is 44.2 Å². The number of thiophene rings is 1. The van der Waals surface area contributed by atoms with Crippen LogP contribution in [0.1, 0.15) is 52.3 Å². The molecule has 0 aromatic carbocycles. The summed E-state index contributed by atoms with van der Waals surface area (Å²) < 4.78 is 3.91. The fourth-order valence-corrected chi connectivity index (χ4v) is 4.68. The Hall–Kier alpha value is -1.31. The molecule has 3 rings (SSSR count). The number of rotatable bonds is 7. The van der Waals surface area contributed by atoms with Crippen LogP contribution in [0.2, 0.25) is 0 Å². The number of hydrogen-bond acceptors (Lipinski definition) is 6. The van der Waals surface area contributed by atoms with Gasteiger partial charge in [-0.15, -0.1) is 16.4 Å². The van der Waals surface area contributed by atoms with E-state index >= 15 is 0 Å². The SMILES string of the molecule is CCCc1nnsc1C(=O)NCCN1CCC(c2cccs2)CC1. The lowest BCUT2D eigenvalue weighted by Gasteiger charge is -2.31. The molecule has 0 spiro atoms. The molecule has 24 heavy (non-hydrogen) atoms. The maximum atomic E-state index is 12.3. The highest BCUT2D eigenvalue weighted by atomic mass is 32.1. The second-order valence-corrected chi connectivity index (χ2v) is 7.92. The number of piperidine rings is 1. The van der Waals surface area contributed by atoms with Crippen molar-refractivity contribution in [2.24, 2.45) is 0 Å². The summed E-state index contributed by atoms with van der Waals surface area (Å²) in [6.07, 6.45) is 4.22. The van der Waals surface area contributed by atoms with Gasteiger partial charge in [0.05, 0.1) is 5.69 Å². The summed E-state index contributed by atoms with van der Waals surface area (Å²) in [6.45, 7) is 5.91. The zero-order valence-corrected chi connectivity index (χ0v) is 15.7. The number of nitrogens with zero attached hydrogens (tertiary/aromatic N) is 3. The fraction of sp³-hybridized carbons (Fsp3) is 0.588. The van der Waals surface area contributed by atoms with Crippen molar-refractivity contribution < 1.29 is 4.79 Å². The van der Waals surface area contributed by atoms with E-state index in [1.165, 1.54) is 29.3 Å². The highest BCUT2D eigenvalue weighted by molar-refractivity contribution is 7.10. The zero-order valence-electron chi connectivity index (χ0n) is 14.0. The summed E-state index contributed by atoms with van der Waals surface area (Å²) in [4.78, 5) is 16.9. The van der Waals surface area contributed by atoms with Gasteiger partial charge in [-0.05, 0) is 61.2 Å². The predicted molar refractivity (Wildman–Crippen MR) is 99.0 cm³/mol. The summed E-state index contributed by atoms with van der Waals surface area (Å²) in [5.74, 6) is 0.692. The molecular formula is C17H24N4OS2. The van der Waals surface area contributed by atoms with Gasteiger partial charge in [-0.25, -0.2) is 0 Å². The van der Waals surface area contributed by atoms with Crippen LogP contribution in [0.5, 0.6) is 0 Å². The molecule has 2 aromatic rings. The molecule has 1 saturated heterocycles. The van der Waals surface area contributed by atoms with Crippen LogP contribution in [0.4, 0.5) is 0 Å². The lowest BCUT2D eigenvalue weighted by molar-refractivity contribution is 0.0948. The molecular weight excluding hydrogens is 340 g/mol. The molecule has 3 heterocycles. The molecule has 7 heteroatoms. The number of likely N-dealkylation sites (tertiary alicyclic amines) is 1. The maximum Gasteiger partial charge on any atom is 0.264 e. The molecule has 0 unspecified atom stereocenters. The smallest absolute Gasteiger partial charge is 0.264 e.